The van der Waals surface area contributed by atoms with Crippen molar-refractivity contribution in [1.29, 1.82) is 0 Å². The zero-order valence-corrected chi connectivity index (χ0v) is 10.3. The third-order valence-electron chi connectivity index (χ3n) is 2.98. The van der Waals surface area contributed by atoms with Crippen LogP contribution >= 0.6 is 0 Å². The van der Waals surface area contributed by atoms with E-state index in [-0.39, 0.29) is 27.9 Å². The van der Waals surface area contributed by atoms with Crippen LogP contribution in [0.2, 0.25) is 0 Å². The summed E-state index contributed by atoms with van der Waals surface area (Å²) in [6.07, 6.45) is 0. The van der Waals surface area contributed by atoms with Gasteiger partial charge in [-0.25, -0.2) is 18.6 Å². The lowest BCUT2D eigenvalue weighted by molar-refractivity contribution is 0.0699. The van der Waals surface area contributed by atoms with E-state index < -0.39 is 23.2 Å². The van der Waals surface area contributed by atoms with E-state index in [1.54, 1.807) is 0 Å². The van der Waals surface area contributed by atoms with E-state index in [1.807, 2.05) is 0 Å². The third kappa shape index (κ3) is 2.06. The number of aromatic carboxylic acids is 1. The zero-order valence-electron chi connectivity index (χ0n) is 10.3. The molecule has 0 saturated heterocycles. The predicted molar refractivity (Wildman–Crippen MR) is 69.0 cm³/mol. The Labute approximate surface area is 115 Å². The SMILES string of the molecule is O=C(O)c1cc(-c2cc(F)ccc2F)nc2[nH][nH]c(=O)c12. The maximum Gasteiger partial charge on any atom is 0.336 e. The normalized spacial score (nSPS) is 11.0. The highest BCUT2D eigenvalue weighted by Crippen LogP contribution is 2.25. The number of aromatic nitrogens is 3. The first-order valence-corrected chi connectivity index (χ1v) is 5.77. The Hall–Kier alpha value is -3.03. The van der Waals surface area contributed by atoms with Crippen molar-refractivity contribution in [2.24, 2.45) is 0 Å². The summed E-state index contributed by atoms with van der Waals surface area (Å²) in [6, 6.07) is 3.79. The van der Waals surface area contributed by atoms with Crippen LogP contribution in [0.4, 0.5) is 8.78 Å². The van der Waals surface area contributed by atoms with Gasteiger partial charge in [0.2, 0.25) is 0 Å². The van der Waals surface area contributed by atoms with Crippen LogP contribution in [0.1, 0.15) is 10.4 Å². The van der Waals surface area contributed by atoms with Gasteiger partial charge in [0.1, 0.15) is 11.6 Å². The number of H-pyrrole nitrogens is 2. The van der Waals surface area contributed by atoms with Gasteiger partial charge in [-0.05, 0) is 24.3 Å². The molecule has 0 bridgehead atoms. The lowest BCUT2D eigenvalue weighted by Crippen LogP contribution is -2.07. The van der Waals surface area contributed by atoms with E-state index in [0.29, 0.717) is 0 Å². The predicted octanol–water partition coefficient (Wildman–Crippen LogP) is 1.89. The molecule has 0 atom stereocenters. The quantitative estimate of drug-likeness (QED) is 0.671. The minimum Gasteiger partial charge on any atom is -0.478 e. The van der Waals surface area contributed by atoms with Gasteiger partial charge < -0.3 is 5.11 Å². The van der Waals surface area contributed by atoms with Crippen LogP contribution in [0.3, 0.4) is 0 Å². The van der Waals surface area contributed by atoms with E-state index in [4.69, 9.17) is 5.11 Å². The number of halogens is 2. The summed E-state index contributed by atoms with van der Waals surface area (Å²) < 4.78 is 27.0. The van der Waals surface area contributed by atoms with Crippen LogP contribution in [0.5, 0.6) is 0 Å². The molecule has 0 fully saturated rings. The number of nitrogens with zero attached hydrogens (tertiary/aromatic N) is 1. The van der Waals surface area contributed by atoms with Crippen molar-refractivity contribution < 1.29 is 18.7 Å². The largest absolute Gasteiger partial charge is 0.478 e. The summed E-state index contributed by atoms with van der Waals surface area (Å²) in [7, 11) is 0. The van der Waals surface area contributed by atoms with E-state index in [0.717, 1.165) is 24.3 Å². The Morgan fingerprint density at radius 3 is 2.67 bits per heavy atom. The number of hydrogen-bond donors (Lipinski definition) is 3. The molecule has 0 unspecified atom stereocenters. The molecule has 106 valence electrons. The molecule has 2 heterocycles. The average molecular weight is 291 g/mol. The molecule has 0 spiro atoms. The summed E-state index contributed by atoms with van der Waals surface area (Å²) in [6.45, 7) is 0. The highest BCUT2D eigenvalue weighted by Gasteiger charge is 2.18. The maximum absolute atomic E-state index is 13.8. The first-order valence-electron chi connectivity index (χ1n) is 5.77. The van der Waals surface area contributed by atoms with Crippen molar-refractivity contribution in [3.8, 4) is 11.3 Å². The van der Waals surface area contributed by atoms with E-state index in [9.17, 15) is 18.4 Å². The topological polar surface area (TPSA) is 98.8 Å². The van der Waals surface area contributed by atoms with Crippen LogP contribution in [0.25, 0.3) is 22.3 Å². The van der Waals surface area contributed by atoms with Gasteiger partial charge in [0, 0.05) is 5.56 Å². The van der Waals surface area contributed by atoms with Gasteiger partial charge in [0.05, 0.1) is 16.6 Å². The fourth-order valence-corrected chi connectivity index (χ4v) is 2.04. The monoisotopic (exact) mass is 291 g/mol. The Bertz CT molecular complexity index is 930. The molecule has 2 aromatic heterocycles. The zero-order chi connectivity index (χ0) is 15.1. The Morgan fingerprint density at radius 2 is 1.95 bits per heavy atom. The first kappa shape index (κ1) is 13.0. The molecule has 0 radical (unpaired) electrons. The second kappa shape index (κ2) is 4.51. The fraction of sp³-hybridized carbons (Fsp3) is 0. The highest BCUT2D eigenvalue weighted by molar-refractivity contribution is 6.02. The third-order valence-corrected chi connectivity index (χ3v) is 2.98. The van der Waals surface area contributed by atoms with Crippen LogP contribution in [0.15, 0.2) is 29.1 Å². The molecule has 0 aliphatic carbocycles. The fourth-order valence-electron chi connectivity index (χ4n) is 2.04. The van der Waals surface area contributed by atoms with Crippen molar-refractivity contribution in [1.82, 2.24) is 15.2 Å². The standard InChI is InChI=1S/C13H7F2N3O3/c14-5-1-2-8(15)6(3-5)9-4-7(13(20)21)10-11(16-9)17-18-12(10)19/h1-4H,(H,20,21)(H2,16,17,18,19). The number of hydrogen-bond acceptors (Lipinski definition) is 3. The molecule has 0 amide bonds. The molecular formula is C13H7F2N3O3. The minimum atomic E-state index is -1.37. The molecule has 6 nitrogen and oxygen atoms in total. The van der Waals surface area contributed by atoms with Crippen LogP contribution in [-0.2, 0) is 0 Å². The number of carboxylic acid groups (broad SMARTS) is 1. The van der Waals surface area contributed by atoms with E-state index in [1.165, 1.54) is 0 Å². The Kier molecular flexibility index (Phi) is 2.79. The maximum atomic E-state index is 13.8. The van der Waals surface area contributed by atoms with Gasteiger partial charge in [0.15, 0.2) is 5.65 Å². The number of rotatable bonds is 2. The molecule has 8 heteroatoms. The highest BCUT2D eigenvalue weighted by atomic mass is 19.1. The smallest absolute Gasteiger partial charge is 0.336 e. The summed E-state index contributed by atoms with van der Waals surface area (Å²) in [5, 5.41) is 13.6. The molecular weight excluding hydrogens is 284 g/mol. The van der Waals surface area contributed by atoms with Gasteiger partial charge in [-0.3, -0.25) is 15.0 Å². The second-order valence-electron chi connectivity index (χ2n) is 4.29. The number of benzene rings is 1. The van der Waals surface area contributed by atoms with E-state index in [2.05, 4.69) is 15.2 Å². The summed E-state index contributed by atoms with van der Waals surface area (Å²) in [5.74, 6) is -2.81. The summed E-state index contributed by atoms with van der Waals surface area (Å²) in [4.78, 5) is 26.7. The minimum absolute atomic E-state index is 0.0430. The molecule has 21 heavy (non-hydrogen) atoms. The van der Waals surface area contributed by atoms with Crippen LogP contribution in [-0.4, -0.2) is 26.3 Å². The lowest BCUT2D eigenvalue weighted by Gasteiger charge is -2.05. The van der Waals surface area contributed by atoms with Crippen molar-refractivity contribution in [3.05, 3.63) is 51.8 Å². The van der Waals surface area contributed by atoms with Crippen molar-refractivity contribution in [2.45, 2.75) is 0 Å². The molecule has 3 aromatic rings. The van der Waals surface area contributed by atoms with Crippen LogP contribution in [0, 0.1) is 11.6 Å². The molecule has 3 N–H and O–H groups in total. The average Bonchev–Trinajstić information content (AvgIpc) is 2.82. The number of carbonyl (C=O) groups is 1. The lowest BCUT2D eigenvalue weighted by atomic mass is 10.1. The summed E-state index contributed by atoms with van der Waals surface area (Å²) >= 11 is 0. The molecule has 3 rings (SSSR count). The summed E-state index contributed by atoms with van der Waals surface area (Å²) in [5.41, 5.74) is -1.32. The molecule has 0 saturated carbocycles. The number of carboxylic acids is 1. The number of fused-ring (bicyclic) bond motifs is 1. The molecule has 1 aromatic carbocycles. The van der Waals surface area contributed by atoms with Gasteiger partial charge in [-0.2, -0.15) is 0 Å². The second-order valence-corrected chi connectivity index (χ2v) is 4.29. The van der Waals surface area contributed by atoms with Gasteiger partial charge >= 0.3 is 5.97 Å². The first-order chi connectivity index (χ1) is 9.97. The van der Waals surface area contributed by atoms with Gasteiger partial charge in [0.25, 0.3) is 5.56 Å². The molecule has 0 aliphatic heterocycles. The van der Waals surface area contributed by atoms with E-state index >= 15 is 0 Å². The number of pyridine rings is 1. The van der Waals surface area contributed by atoms with Gasteiger partial charge in [-0.1, -0.05) is 0 Å². The Morgan fingerprint density at radius 1 is 1.19 bits per heavy atom. The van der Waals surface area contributed by atoms with Gasteiger partial charge in [-0.15, -0.1) is 0 Å². The van der Waals surface area contributed by atoms with Crippen molar-refractivity contribution >= 4 is 17.0 Å². The number of nitrogens with one attached hydrogen (secondary N) is 2. The van der Waals surface area contributed by atoms with Crippen molar-refractivity contribution in [2.75, 3.05) is 0 Å². The Balaban J connectivity index is 2.37. The van der Waals surface area contributed by atoms with Crippen molar-refractivity contribution in [3.63, 3.8) is 0 Å². The molecule has 0 aliphatic rings. The number of aromatic amines is 2. The van der Waals surface area contributed by atoms with Crippen LogP contribution < -0.4 is 5.56 Å².